The number of anilines is 1. The van der Waals surface area contributed by atoms with Crippen molar-refractivity contribution in [3.8, 4) is 0 Å². The molecule has 0 aromatic carbocycles. The third kappa shape index (κ3) is 5.95. The van der Waals surface area contributed by atoms with Gasteiger partial charge in [0, 0.05) is 35.7 Å². The van der Waals surface area contributed by atoms with Gasteiger partial charge in [-0.25, -0.2) is 0 Å². The van der Waals surface area contributed by atoms with Gasteiger partial charge in [0.1, 0.15) is 5.76 Å². The lowest BCUT2D eigenvalue weighted by atomic mass is 9.79. The van der Waals surface area contributed by atoms with Gasteiger partial charge in [0.15, 0.2) is 5.82 Å². The van der Waals surface area contributed by atoms with Crippen LogP contribution in [0.5, 0.6) is 0 Å². The molecule has 0 bridgehead atoms. The number of rotatable bonds is 6. The Morgan fingerprint density at radius 2 is 1.87 bits per heavy atom. The first kappa shape index (κ1) is 23.0. The highest BCUT2D eigenvalue weighted by Gasteiger charge is 2.31. The van der Waals surface area contributed by atoms with E-state index < -0.39 is 0 Å². The summed E-state index contributed by atoms with van der Waals surface area (Å²) in [6.45, 7) is 12.1. The summed E-state index contributed by atoms with van der Waals surface area (Å²) < 4.78 is 7.15. The first-order chi connectivity index (χ1) is 14.5. The van der Waals surface area contributed by atoms with E-state index in [0.717, 1.165) is 37.1 Å². The van der Waals surface area contributed by atoms with Crippen molar-refractivity contribution < 1.29 is 14.1 Å². The maximum atomic E-state index is 12.5. The summed E-state index contributed by atoms with van der Waals surface area (Å²) in [6.07, 6.45) is 3.72. The van der Waals surface area contributed by atoms with E-state index >= 15 is 0 Å². The van der Waals surface area contributed by atoms with E-state index in [2.05, 4.69) is 36.6 Å². The zero-order valence-electron chi connectivity index (χ0n) is 19.5. The van der Waals surface area contributed by atoms with E-state index in [0.29, 0.717) is 17.5 Å². The quantitative estimate of drug-likeness (QED) is 0.725. The van der Waals surface area contributed by atoms with Gasteiger partial charge in [0.2, 0.25) is 11.8 Å². The van der Waals surface area contributed by atoms with Crippen molar-refractivity contribution in [3.63, 3.8) is 0 Å². The Balaban J connectivity index is 1.69. The number of amides is 2. The van der Waals surface area contributed by atoms with E-state index in [1.54, 1.807) is 6.07 Å². The largest absolute Gasteiger partial charge is 0.361 e. The van der Waals surface area contributed by atoms with Gasteiger partial charge in [-0.3, -0.25) is 14.3 Å². The summed E-state index contributed by atoms with van der Waals surface area (Å²) in [5.74, 6) is 1.45. The van der Waals surface area contributed by atoms with Crippen molar-refractivity contribution in [2.75, 3.05) is 5.32 Å². The fraction of sp³-hybridized carbons (Fsp3) is 0.652. The van der Waals surface area contributed by atoms with Gasteiger partial charge in [-0.05, 0) is 67.2 Å². The summed E-state index contributed by atoms with van der Waals surface area (Å²) in [6, 6.07) is 3.90. The highest BCUT2D eigenvalue weighted by Crippen LogP contribution is 2.38. The molecule has 0 aliphatic heterocycles. The van der Waals surface area contributed by atoms with E-state index in [4.69, 9.17) is 9.62 Å². The number of carbonyl (C=O) groups excluding carboxylic acids is 2. The molecule has 2 aromatic heterocycles. The van der Waals surface area contributed by atoms with Crippen molar-refractivity contribution >= 4 is 17.6 Å². The zero-order valence-corrected chi connectivity index (χ0v) is 19.5. The molecule has 1 aliphatic carbocycles. The van der Waals surface area contributed by atoms with E-state index in [-0.39, 0.29) is 35.7 Å². The Morgan fingerprint density at radius 1 is 1.19 bits per heavy atom. The van der Waals surface area contributed by atoms with Crippen LogP contribution >= 0.6 is 0 Å². The van der Waals surface area contributed by atoms with Crippen molar-refractivity contribution in [1.29, 1.82) is 0 Å². The van der Waals surface area contributed by atoms with Crippen LogP contribution in [0.25, 0.3) is 0 Å². The SMILES string of the molecule is Cc1cc(CC(=O)Nc2cc([C@H]3CC[C@@H](C(=O)NC(C)C)CC3)n(C(C)(C)C)n2)on1. The number of aromatic nitrogens is 3. The Bertz CT molecular complexity index is 914. The number of nitrogens with one attached hydrogen (secondary N) is 2. The monoisotopic (exact) mass is 429 g/mol. The number of hydrogen-bond donors (Lipinski definition) is 2. The average molecular weight is 430 g/mol. The average Bonchev–Trinajstić information content (AvgIpc) is 3.27. The molecule has 0 atom stereocenters. The summed E-state index contributed by atoms with van der Waals surface area (Å²) in [5, 5.41) is 14.4. The molecular weight excluding hydrogens is 394 g/mol. The fourth-order valence-corrected chi connectivity index (χ4v) is 4.18. The number of carbonyl (C=O) groups is 2. The summed E-state index contributed by atoms with van der Waals surface area (Å²) in [4.78, 5) is 24.8. The van der Waals surface area contributed by atoms with Crippen LogP contribution in [0.4, 0.5) is 5.82 Å². The molecule has 8 nitrogen and oxygen atoms in total. The van der Waals surface area contributed by atoms with Gasteiger partial charge in [-0.15, -0.1) is 0 Å². The van der Waals surface area contributed by atoms with Gasteiger partial charge in [-0.2, -0.15) is 5.10 Å². The fourth-order valence-electron chi connectivity index (χ4n) is 4.18. The molecule has 0 spiro atoms. The minimum atomic E-state index is -0.216. The van der Waals surface area contributed by atoms with Crippen LogP contribution in [0.15, 0.2) is 16.7 Å². The molecule has 2 heterocycles. The lowest BCUT2D eigenvalue weighted by Gasteiger charge is -2.31. The zero-order chi connectivity index (χ0) is 22.8. The number of hydrogen-bond acceptors (Lipinski definition) is 5. The molecule has 2 amide bonds. The maximum Gasteiger partial charge on any atom is 0.233 e. The van der Waals surface area contributed by atoms with Crippen molar-refractivity contribution in [2.45, 2.75) is 91.1 Å². The lowest BCUT2D eigenvalue weighted by Crippen LogP contribution is -2.37. The van der Waals surface area contributed by atoms with E-state index in [9.17, 15) is 9.59 Å². The first-order valence-corrected chi connectivity index (χ1v) is 11.2. The van der Waals surface area contributed by atoms with Crippen LogP contribution in [0.1, 0.15) is 83.4 Å². The smallest absolute Gasteiger partial charge is 0.233 e. The van der Waals surface area contributed by atoms with Crippen LogP contribution in [-0.4, -0.2) is 32.8 Å². The van der Waals surface area contributed by atoms with Crippen LogP contribution in [0.2, 0.25) is 0 Å². The van der Waals surface area contributed by atoms with E-state index in [1.165, 1.54) is 0 Å². The Labute approximate surface area is 184 Å². The van der Waals surface area contributed by atoms with Gasteiger partial charge in [-0.1, -0.05) is 5.16 Å². The molecule has 0 saturated heterocycles. The molecule has 0 unspecified atom stereocenters. The molecule has 170 valence electrons. The Hall–Kier alpha value is -2.64. The molecular formula is C23H35N5O3. The number of nitrogens with zero attached hydrogens (tertiary/aromatic N) is 3. The molecule has 2 N–H and O–H groups in total. The molecule has 0 radical (unpaired) electrons. The number of aryl methyl sites for hydroxylation is 1. The summed E-state index contributed by atoms with van der Waals surface area (Å²) in [5.41, 5.74) is 1.65. The predicted octanol–water partition coefficient (Wildman–Crippen LogP) is 3.91. The Kier molecular flexibility index (Phi) is 6.86. The van der Waals surface area contributed by atoms with Gasteiger partial charge < -0.3 is 15.2 Å². The van der Waals surface area contributed by atoms with Gasteiger partial charge in [0.25, 0.3) is 0 Å². The maximum absolute atomic E-state index is 12.5. The van der Waals surface area contributed by atoms with Crippen molar-refractivity contribution in [1.82, 2.24) is 20.3 Å². The standard InChI is InChI=1S/C23H35N5O3/c1-14(2)24-22(30)17-9-7-16(8-10-17)19-13-20(26-28(19)23(4,5)6)25-21(29)12-18-11-15(3)27-31-18/h11,13-14,16-17H,7-10,12H2,1-6H3,(H,24,30)(H,25,26,29)/t16-,17+. The highest BCUT2D eigenvalue weighted by molar-refractivity contribution is 5.91. The van der Waals surface area contributed by atoms with Crippen LogP contribution in [0, 0.1) is 12.8 Å². The lowest BCUT2D eigenvalue weighted by molar-refractivity contribution is -0.126. The molecule has 1 fully saturated rings. The molecule has 8 heteroatoms. The van der Waals surface area contributed by atoms with Gasteiger partial charge in [0.05, 0.1) is 17.7 Å². The minimum absolute atomic E-state index is 0.0780. The second kappa shape index (κ2) is 9.24. The van der Waals surface area contributed by atoms with Crippen LogP contribution < -0.4 is 10.6 Å². The summed E-state index contributed by atoms with van der Waals surface area (Å²) in [7, 11) is 0. The minimum Gasteiger partial charge on any atom is -0.361 e. The molecule has 1 saturated carbocycles. The van der Waals surface area contributed by atoms with Crippen LogP contribution in [-0.2, 0) is 21.5 Å². The van der Waals surface area contributed by atoms with E-state index in [1.807, 2.05) is 31.5 Å². The third-order valence-corrected chi connectivity index (χ3v) is 5.60. The topological polar surface area (TPSA) is 102 Å². The molecule has 3 rings (SSSR count). The van der Waals surface area contributed by atoms with Crippen molar-refractivity contribution in [2.24, 2.45) is 5.92 Å². The summed E-state index contributed by atoms with van der Waals surface area (Å²) >= 11 is 0. The second-order valence-corrected chi connectivity index (χ2v) is 9.91. The third-order valence-electron chi connectivity index (χ3n) is 5.60. The second-order valence-electron chi connectivity index (χ2n) is 9.91. The normalized spacial score (nSPS) is 19.5. The molecule has 2 aromatic rings. The van der Waals surface area contributed by atoms with Crippen LogP contribution in [0.3, 0.4) is 0 Å². The first-order valence-electron chi connectivity index (χ1n) is 11.2. The molecule has 31 heavy (non-hydrogen) atoms. The highest BCUT2D eigenvalue weighted by atomic mass is 16.5. The van der Waals surface area contributed by atoms with Gasteiger partial charge >= 0.3 is 0 Å². The predicted molar refractivity (Wildman–Crippen MR) is 119 cm³/mol. The van der Waals surface area contributed by atoms with Crippen molar-refractivity contribution in [3.05, 3.63) is 29.3 Å². The molecule has 1 aliphatic rings. The Morgan fingerprint density at radius 3 is 2.42 bits per heavy atom.